The lowest BCUT2D eigenvalue weighted by Gasteiger charge is -2.31. The normalized spacial score (nSPS) is 17.3. The molecule has 1 fully saturated rings. The molecule has 0 saturated carbocycles. The van der Waals surface area contributed by atoms with Crippen LogP contribution in [0.2, 0.25) is 0 Å². The highest BCUT2D eigenvalue weighted by Gasteiger charge is 2.46. The van der Waals surface area contributed by atoms with E-state index < -0.39 is 41.9 Å². The predicted molar refractivity (Wildman–Crippen MR) is 82.2 cm³/mol. The Kier molecular flexibility index (Phi) is 6.25. The molecule has 25 heavy (non-hydrogen) atoms. The molecule has 0 aliphatic carbocycles. The minimum Gasteiger partial charge on any atom is -0.481 e. The Morgan fingerprint density at radius 1 is 1.12 bits per heavy atom. The van der Waals surface area contributed by atoms with Crippen LogP contribution in [0.15, 0.2) is 0 Å². The van der Waals surface area contributed by atoms with Gasteiger partial charge in [0, 0.05) is 32.2 Å². The fourth-order valence-corrected chi connectivity index (χ4v) is 2.25. The lowest BCUT2D eigenvalue weighted by Crippen LogP contribution is -2.57. The van der Waals surface area contributed by atoms with Gasteiger partial charge in [0.05, 0.1) is 0 Å². The van der Waals surface area contributed by atoms with Crippen molar-refractivity contribution in [2.24, 2.45) is 5.73 Å². The van der Waals surface area contributed by atoms with Crippen LogP contribution in [-0.2, 0) is 28.7 Å². The number of nitrogens with zero attached hydrogens (tertiary/aromatic N) is 1. The Morgan fingerprint density at radius 2 is 1.64 bits per heavy atom. The van der Waals surface area contributed by atoms with Gasteiger partial charge in [-0.1, -0.05) is 0 Å². The summed E-state index contributed by atoms with van der Waals surface area (Å²) in [6.07, 6.45) is -0.881. The number of esters is 1. The van der Waals surface area contributed by atoms with Gasteiger partial charge in [-0.15, -0.1) is 0 Å². The van der Waals surface area contributed by atoms with Crippen LogP contribution in [0.3, 0.4) is 0 Å². The fourth-order valence-electron chi connectivity index (χ4n) is 2.25. The van der Waals surface area contributed by atoms with E-state index in [-0.39, 0.29) is 37.6 Å². The molecular formula is C15H22N2O8. The zero-order chi connectivity index (χ0) is 19.4. The molecule has 10 heteroatoms. The van der Waals surface area contributed by atoms with E-state index in [0.29, 0.717) is 0 Å². The van der Waals surface area contributed by atoms with Crippen molar-refractivity contribution in [1.29, 1.82) is 0 Å². The summed E-state index contributed by atoms with van der Waals surface area (Å²) in [7, 11) is 0. The van der Waals surface area contributed by atoms with Crippen LogP contribution >= 0.6 is 0 Å². The maximum Gasteiger partial charge on any atom is 0.338 e. The lowest BCUT2D eigenvalue weighted by atomic mass is 9.94. The number of ether oxygens (including phenoxy) is 1. The van der Waals surface area contributed by atoms with Gasteiger partial charge in [-0.05, 0) is 20.3 Å². The SMILES string of the molecule is CC(C)(CCN1C(=O)CCC1=O)OC(=O)[C@](N)(CCC(=O)O)C(=O)O. The average molecular weight is 358 g/mol. The molecule has 2 amide bonds. The van der Waals surface area contributed by atoms with Crippen molar-refractivity contribution >= 4 is 29.7 Å². The molecular weight excluding hydrogens is 336 g/mol. The highest BCUT2D eigenvalue weighted by atomic mass is 16.6. The summed E-state index contributed by atoms with van der Waals surface area (Å²) >= 11 is 0. The molecule has 1 rings (SSSR count). The van der Waals surface area contributed by atoms with Gasteiger partial charge in [-0.3, -0.25) is 19.3 Å². The molecule has 1 atom stereocenters. The monoisotopic (exact) mass is 358 g/mol. The molecule has 140 valence electrons. The van der Waals surface area contributed by atoms with E-state index in [1.165, 1.54) is 13.8 Å². The quantitative estimate of drug-likeness (QED) is 0.280. The molecule has 4 N–H and O–H groups in total. The molecule has 0 unspecified atom stereocenters. The number of amides is 2. The van der Waals surface area contributed by atoms with Gasteiger partial charge in [0.2, 0.25) is 17.4 Å². The first-order valence-electron chi connectivity index (χ1n) is 7.70. The zero-order valence-corrected chi connectivity index (χ0v) is 14.1. The van der Waals surface area contributed by atoms with E-state index in [1.807, 2.05) is 0 Å². The Hall–Kier alpha value is -2.49. The number of rotatable bonds is 9. The minimum absolute atomic E-state index is 0.0255. The highest BCUT2D eigenvalue weighted by molar-refractivity contribution is 6.04. The Morgan fingerprint density at radius 3 is 2.08 bits per heavy atom. The van der Waals surface area contributed by atoms with E-state index in [9.17, 15) is 24.0 Å². The van der Waals surface area contributed by atoms with Gasteiger partial charge in [0.15, 0.2) is 0 Å². The maximum atomic E-state index is 12.2. The second-order valence-corrected chi connectivity index (χ2v) is 6.51. The fraction of sp³-hybridized carbons (Fsp3) is 0.667. The van der Waals surface area contributed by atoms with Crippen molar-refractivity contribution in [3.63, 3.8) is 0 Å². The maximum absolute atomic E-state index is 12.2. The molecule has 10 nitrogen and oxygen atoms in total. The van der Waals surface area contributed by atoms with E-state index in [2.05, 4.69) is 0 Å². The smallest absolute Gasteiger partial charge is 0.338 e. The molecule has 1 saturated heterocycles. The predicted octanol–water partition coefficient (Wildman–Crippen LogP) is -0.506. The third-order valence-electron chi connectivity index (χ3n) is 3.94. The van der Waals surface area contributed by atoms with Crippen molar-refractivity contribution in [3.05, 3.63) is 0 Å². The molecule has 0 bridgehead atoms. The number of likely N-dealkylation sites (tertiary alicyclic amines) is 1. The largest absolute Gasteiger partial charge is 0.481 e. The first kappa shape index (κ1) is 20.6. The van der Waals surface area contributed by atoms with Gasteiger partial charge >= 0.3 is 17.9 Å². The summed E-state index contributed by atoms with van der Waals surface area (Å²) < 4.78 is 5.14. The third-order valence-corrected chi connectivity index (χ3v) is 3.94. The van der Waals surface area contributed by atoms with Gasteiger partial charge in [0.25, 0.3) is 0 Å². The van der Waals surface area contributed by atoms with Crippen LogP contribution in [0.4, 0.5) is 0 Å². The minimum atomic E-state index is -2.49. The van der Waals surface area contributed by atoms with Crippen LogP contribution in [0.1, 0.15) is 46.0 Å². The van der Waals surface area contributed by atoms with Gasteiger partial charge < -0.3 is 20.7 Å². The van der Waals surface area contributed by atoms with Crippen LogP contribution in [0, 0.1) is 0 Å². The molecule has 0 aromatic rings. The van der Waals surface area contributed by atoms with Crippen molar-refractivity contribution in [1.82, 2.24) is 4.90 Å². The van der Waals surface area contributed by atoms with Gasteiger partial charge in [0.1, 0.15) is 5.60 Å². The van der Waals surface area contributed by atoms with Crippen LogP contribution < -0.4 is 5.73 Å². The van der Waals surface area contributed by atoms with Gasteiger partial charge in [-0.25, -0.2) is 9.59 Å². The molecule has 0 aromatic carbocycles. The summed E-state index contributed by atoms with van der Waals surface area (Å²) in [4.78, 5) is 58.3. The summed E-state index contributed by atoms with van der Waals surface area (Å²) in [6.45, 7) is 2.99. The van der Waals surface area contributed by atoms with E-state index in [1.54, 1.807) is 0 Å². The number of hydrogen-bond acceptors (Lipinski definition) is 7. The van der Waals surface area contributed by atoms with Crippen LogP contribution in [-0.4, -0.2) is 62.5 Å². The number of hydrogen-bond donors (Lipinski definition) is 3. The summed E-state index contributed by atoms with van der Waals surface area (Å²) in [5, 5.41) is 17.8. The highest BCUT2D eigenvalue weighted by Crippen LogP contribution is 2.23. The lowest BCUT2D eigenvalue weighted by molar-refractivity contribution is -0.171. The number of nitrogens with two attached hydrogens (primary N) is 1. The molecule has 0 aromatic heterocycles. The molecule has 0 spiro atoms. The van der Waals surface area contributed by atoms with E-state index >= 15 is 0 Å². The summed E-state index contributed by atoms with van der Waals surface area (Å²) in [6, 6.07) is 0. The summed E-state index contributed by atoms with van der Waals surface area (Å²) in [5.74, 6) is -4.89. The van der Waals surface area contributed by atoms with E-state index in [4.69, 9.17) is 20.7 Å². The first-order chi connectivity index (χ1) is 11.4. The Labute approximate surface area is 143 Å². The Balaban J connectivity index is 2.73. The van der Waals surface area contributed by atoms with E-state index in [0.717, 1.165) is 4.90 Å². The molecule has 0 radical (unpaired) electrons. The number of carbonyl (C=O) groups excluding carboxylic acids is 3. The number of aliphatic carboxylic acids is 2. The van der Waals surface area contributed by atoms with Crippen LogP contribution in [0.25, 0.3) is 0 Å². The average Bonchev–Trinajstić information content (AvgIpc) is 2.80. The van der Waals surface area contributed by atoms with Crippen molar-refractivity contribution in [3.8, 4) is 0 Å². The second kappa shape index (κ2) is 7.60. The number of carboxylic acid groups (broad SMARTS) is 2. The number of carbonyl (C=O) groups is 5. The second-order valence-electron chi connectivity index (χ2n) is 6.51. The summed E-state index contributed by atoms with van der Waals surface area (Å²) in [5.41, 5.74) is 1.85. The first-order valence-corrected chi connectivity index (χ1v) is 7.70. The van der Waals surface area contributed by atoms with Crippen molar-refractivity contribution < 1.29 is 38.9 Å². The third kappa shape index (κ3) is 5.24. The molecule has 1 aliphatic heterocycles. The molecule has 1 aliphatic rings. The number of imide groups is 1. The van der Waals surface area contributed by atoms with Crippen molar-refractivity contribution in [2.75, 3.05) is 6.54 Å². The number of carboxylic acids is 2. The topological polar surface area (TPSA) is 164 Å². The van der Waals surface area contributed by atoms with Crippen molar-refractivity contribution in [2.45, 2.75) is 57.1 Å². The Bertz CT molecular complexity index is 584. The van der Waals surface area contributed by atoms with Crippen LogP contribution in [0.5, 0.6) is 0 Å². The standard InChI is InChI=1S/C15H22N2O8/c1-14(2,7-8-17-9(18)3-4-10(17)19)25-13(24)15(16,12(22)23)6-5-11(20)21/h3-8,16H2,1-2H3,(H,20,21)(H,22,23)/t15-/m0/s1. The molecule has 1 heterocycles. The van der Waals surface area contributed by atoms with Gasteiger partial charge in [-0.2, -0.15) is 0 Å². The zero-order valence-electron chi connectivity index (χ0n) is 14.1.